The van der Waals surface area contributed by atoms with E-state index >= 15 is 0 Å². The van der Waals surface area contributed by atoms with Gasteiger partial charge >= 0.3 is 0 Å². The fraction of sp³-hybridized carbons (Fsp3) is 0.706. The van der Waals surface area contributed by atoms with Crippen LogP contribution in [-0.4, -0.2) is 46.0 Å². The standard InChI is InChI=1S/C17H28N4O2.ClH/c1-11(2)23-15-8-19-14(7-20-15)16(22)21-9-12(13(18)10-21)6-17(3,4)5;/h7-8,11-13H,6,9-10,18H2,1-5H3;1H. The van der Waals surface area contributed by atoms with Gasteiger partial charge in [-0.05, 0) is 31.6 Å². The van der Waals surface area contributed by atoms with Gasteiger partial charge < -0.3 is 15.4 Å². The molecule has 0 bridgehead atoms. The molecule has 1 saturated heterocycles. The van der Waals surface area contributed by atoms with Gasteiger partial charge in [0.1, 0.15) is 5.69 Å². The lowest BCUT2D eigenvalue weighted by Gasteiger charge is -2.24. The van der Waals surface area contributed by atoms with Gasteiger partial charge in [-0.3, -0.25) is 4.79 Å². The summed E-state index contributed by atoms with van der Waals surface area (Å²) in [5, 5.41) is 0. The van der Waals surface area contributed by atoms with Crippen molar-refractivity contribution < 1.29 is 9.53 Å². The second-order valence-corrected chi connectivity index (χ2v) is 7.81. The van der Waals surface area contributed by atoms with Gasteiger partial charge in [0.25, 0.3) is 5.91 Å². The first-order valence-corrected chi connectivity index (χ1v) is 8.19. The minimum absolute atomic E-state index is 0. The van der Waals surface area contributed by atoms with E-state index in [1.165, 1.54) is 12.4 Å². The highest BCUT2D eigenvalue weighted by atomic mass is 35.5. The first-order chi connectivity index (χ1) is 10.7. The van der Waals surface area contributed by atoms with Crippen molar-refractivity contribution in [1.82, 2.24) is 14.9 Å². The molecule has 1 aliphatic heterocycles. The molecular weight excluding hydrogens is 328 g/mol. The lowest BCUT2D eigenvalue weighted by molar-refractivity contribution is 0.0776. The van der Waals surface area contributed by atoms with Crippen LogP contribution in [0.1, 0.15) is 51.5 Å². The average Bonchev–Trinajstić information content (AvgIpc) is 2.77. The Hall–Kier alpha value is -1.40. The molecule has 1 aliphatic rings. The maximum atomic E-state index is 12.6. The molecule has 1 aromatic heterocycles. The zero-order valence-electron chi connectivity index (χ0n) is 15.2. The maximum Gasteiger partial charge on any atom is 0.274 e. The van der Waals surface area contributed by atoms with Crippen molar-refractivity contribution in [2.45, 2.75) is 53.2 Å². The predicted octanol–water partition coefficient (Wildman–Crippen LogP) is 2.52. The number of carbonyl (C=O) groups excluding carboxylic acids is 1. The van der Waals surface area contributed by atoms with Crippen LogP contribution in [0, 0.1) is 11.3 Å². The summed E-state index contributed by atoms with van der Waals surface area (Å²) in [6.07, 6.45) is 4.00. The number of likely N-dealkylation sites (tertiary alicyclic amines) is 1. The second-order valence-electron chi connectivity index (χ2n) is 7.81. The van der Waals surface area contributed by atoms with Crippen LogP contribution < -0.4 is 10.5 Å². The number of ether oxygens (including phenoxy) is 1. The van der Waals surface area contributed by atoms with E-state index < -0.39 is 0 Å². The summed E-state index contributed by atoms with van der Waals surface area (Å²) in [5.41, 5.74) is 6.76. The topological polar surface area (TPSA) is 81.3 Å². The van der Waals surface area contributed by atoms with Crippen LogP contribution in [0.4, 0.5) is 0 Å². The molecule has 2 atom stereocenters. The molecule has 1 amide bonds. The van der Waals surface area contributed by atoms with Crippen molar-refractivity contribution >= 4 is 18.3 Å². The summed E-state index contributed by atoms with van der Waals surface area (Å²) in [5.74, 6) is 0.649. The van der Waals surface area contributed by atoms with Crippen molar-refractivity contribution in [2.75, 3.05) is 13.1 Å². The van der Waals surface area contributed by atoms with Crippen LogP contribution in [-0.2, 0) is 0 Å². The highest BCUT2D eigenvalue weighted by Crippen LogP contribution is 2.30. The first kappa shape index (κ1) is 20.6. The van der Waals surface area contributed by atoms with Crippen LogP contribution in [0.5, 0.6) is 5.88 Å². The quantitative estimate of drug-likeness (QED) is 0.896. The molecule has 24 heavy (non-hydrogen) atoms. The Morgan fingerprint density at radius 2 is 2.00 bits per heavy atom. The molecule has 7 heteroatoms. The molecule has 6 nitrogen and oxygen atoms in total. The second kappa shape index (κ2) is 8.12. The number of nitrogens with zero attached hydrogens (tertiary/aromatic N) is 3. The van der Waals surface area contributed by atoms with Gasteiger partial charge in [-0.2, -0.15) is 0 Å². The Kier molecular flexibility index (Phi) is 6.98. The van der Waals surface area contributed by atoms with Gasteiger partial charge in [-0.1, -0.05) is 20.8 Å². The number of halogens is 1. The van der Waals surface area contributed by atoms with Crippen molar-refractivity contribution in [3.63, 3.8) is 0 Å². The third-order valence-corrected chi connectivity index (χ3v) is 3.86. The van der Waals surface area contributed by atoms with Crippen molar-refractivity contribution in [3.05, 3.63) is 18.1 Å². The lowest BCUT2D eigenvalue weighted by Crippen LogP contribution is -2.33. The normalized spacial score (nSPS) is 20.9. The largest absolute Gasteiger partial charge is 0.474 e. The summed E-state index contributed by atoms with van der Waals surface area (Å²) in [7, 11) is 0. The molecular formula is C17H29ClN4O2. The Morgan fingerprint density at radius 1 is 1.33 bits per heavy atom. The molecule has 2 rings (SSSR count). The van der Waals surface area contributed by atoms with Crippen LogP contribution in [0.15, 0.2) is 12.4 Å². The SMILES string of the molecule is CC(C)Oc1cnc(C(=O)N2CC(N)C(CC(C)(C)C)C2)cn1.Cl. The van der Waals surface area contributed by atoms with Gasteiger partial charge in [-0.25, -0.2) is 9.97 Å². The highest BCUT2D eigenvalue weighted by Gasteiger charge is 2.35. The number of aromatic nitrogens is 2. The molecule has 0 spiro atoms. The third kappa shape index (κ3) is 5.60. The number of amides is 1. The summed E-state index contributed by atoms with van der Waals surface area (Å²) < 4.78 is 5.44. The van der Waals surface area contributed by atoms with Crippen molar-refractivity contribution in [3.8, 4) is 5.88 Å². The molecule has 0 saturated carbocycles. The van der Waals surface area contributed by atoms with E-state index in [0.29, 0.717) is 30.6 Å². The Balaban J connectivity index is 0.00000288. The van der Waals surface area contributed by atoms with E-state index in [0.717, 1.165) is 6.42 Å². The van der Waals surface area contributed by atoms with Crippen LogP contribution in [0.3, 0.4) is 0 Å². The molecule has 2 N–H and O–H groups in total. The molecule has 1 aromatic rings. The molecule has 2 heterocycles. The molecule has 2 unspecified atom stereocenters. The molecule has 0 aromatic carbocycles. The van der Waals surface area contributed by atoms with E-state index in [9.17, 15) is 4.79 Å². The first-order valence-electron chi connectivity index (χ1n) is 8.19. The Bertz CT molecular complexity index is 543. The number of hydrogen-bond acceptors (Lipinski definition) is 5. The number of carbonyl (C=O) groups is 1. The van der Waals surface area contributed by atoms with Crippen molar-refractivity contribution in [2.24, 2.45) is 17.1 Å². The van der Waals surface area contributed by atoms with E-state index in [1.54, 1.807) is 4.90 Å². The van der Waals surface area contributed by atoms with E-state index in [1.807, 2.05) is 13.8 Å². The summed E-state index contributed by atoms with van der Waals surface area (Å²) >= 11 is 0. The van der Waals surface area contributed by atoms with Gasteiger partial charge in [0.05, 0.1) is 18.5 Å². The number of rotatable bonds is 4. The van der Waals surface area contributed by atoms with E-state index in [-0.39, 0.29) is 35.9 Å². The number of hydrogen-bond donors (Lipinski definition) is 1. The monoisotopic (exact) mass is 356 g/mol. The predicted molar refractivity (Wildman–Crippen MR) is 96.5 cm³/mol. The number of nitrogens with two attached hydrogens (primary N) is 1. The van der Waals surface area contributed by atoms with Gasteiger partial charge in [0, 0.05) is 19.1 Å². The van der Waals surface area contributed by atoms with Crippen LogP contribution in [0.25, 0.3) is 0 Å². The van der Waals surface area contributed by atoms with E-state index in [4.69, 9.17) is 10.5 Å². The average molecular weight is 357 g/mol. The zero-order valence-corrected chi connectivity index (χ0v) is 16.0. The van der Waals surface area contributed by atoms with Crippen LogP contribution in [0.2, 0.25) is 0 Å². The maximum absolute atomic E-state index is 12.6. The third-order valence-electron chi connectivity index (χ3n) is 3.86. The molecule has 1 fully saturated rings. The fourth-order valence-electron chi connectivity index (χ4n) is 2.96. The minimum atomic E-state index is -0.111. The van der Waals surface area contributed by atoms with Gasteiger partial charge in [0.15, 0.2) is 0 Å². The Labute approximate surface area is 150 Å². The summed E-state index contributed by atoms with van der Waals surface area (Å²) in [6.45, 7) is 11.7. The fourth-order valence-corrected chi connectivity index (χ4v) is 2.96. The minimum Gasteiger partial charge on any atom is -0.474 e. The lowest BCUT2D eigenvalue weighted by atomic mass is 9.83. The summed E-state index contributed by atoms with van der Waals surface area (Å²) in [6, 6.07) is 0.0229. The van der Waals surface area contributed by atoms with Crippen LogP contribution >= 0.6 is 12.4 Å². The summed E-state index contributed by atoms with van der Waals surface area (Å²) in [4.78, 5) is 22.7. The molecule has 0 aliphatic carbocycles. The van der Waals surface area contributed by atoms with E-state index in [2.05, 4.69) is 30.7 Å². The molecule has 0 radical (unpaired) electrons. The Morgan fingerprint density at radius 3 is 2.50 bits per heavy atom. The van der Waals surface area contributed by atoms with Gasteiger partial charge in [0.2, 0.25) is 5.88 Å². The highest BCUT2D eigenvalue weighted by molar-refractivity contribution is 5.92. The van der Waals surface area contributed by atoms with Gasteiger partial charge in [-0.15, -0.1) is 12.4 Å². The molecule has 136 valence electrons. The van der Waals surface area contributed by atoms with Crippen molar-refractivity contribution in [1.29, 1.82) is 0 Å². The zero-order chi connectivity index (χ0) is 17.2. The smallest absolute Gasteiger partial charge is 0.274 e.